The molecule has 0 aromatic heterocycles. The molecule has 3 fully saturated rings. The van der Waals surface area contributed by atoms with Crippen LogP contribution in [0.3, 0.4) is 0 Å². The van der Waals surface area contributed by atoms with E-state index in [1.165, 1.54) is 7.11 Å². The fourth-order valence-corrected chi connectivity index (χ4v) is 6.50. The molecule has 3 aliphatic rings. The third kappa shape index (κ3) is 2.84. The van der Waals surface area contributed by atoms with Gasteiger partial charge < -0.3 is 19.0 Å². The van der Waals surface area contributed by atoms with E-state index >= 15 is 0 Å². The van der Waals surface area contributed by atoms with Crippen LogP contribution in [-0.4, -0.2) is 39.4 Å². The van der Waals surface area contributed by atoms with E-state index in [4.69, 9.17) is 14.2 Å². The van der Waals surface area contributed by atoms with Gasteiger partial charge in [0, 0.05) is 13.0 Å². The quantitative estimate of drug-likeness (QED) is 0.432. The maximum Gasteiger partial charge on any atom is 0.312 e. The molecule has 0 bridgehead atoms. The first-order valence-electron chi connectivity index (χ1n) is 9.65. The van der Waals surface area contributed by atoms with Gasteiger partial charge in [-0.15, -0.1) is 0 Å². The maximum atomic E-state index is 13.0. The Hall–Kier alpha value is -0.940. The second-order valence-corrected chi connectivity index (χ2v) is 8.44. The standard InChI is InChI=1S/C20H32O5/c1-12-9-14(10-21)17-16(25-11-23-3)7-8-20(19(22)24-4)13(2)5-6-15(12)18(17)20/h10,12-18H,5-9,11H2,1-4H3/t12-,13-,14-,15+,16+,17+,18-,20-/m0/s1. The molecule has 0 N–H and O–H groups in total. The van der Waals surface area contributed by atoms with E-state index in [1.54, 1.807) is 7.11 Å². The molecule has 0 aromatic carbocycles. The lowest BCUT2D eigenvalue weighted by molar-refractivity contribution is -0.216. The van der Waals surface area contributed by atoms with Crippen molar-refractivity contribution in [3.05, 3.63) is 0 Å². The van der Waals surface area contributed by atoms with Crippen LogP contribution in [0.1, 0.15) is 46.0 Å². The van der Waals surface area contributed by atoms with Crippen molar-refractivity contribution in [2.75, 3.05) is 21.0 Å². The average Bonchev–Trinajstić information content (AvgIpc) is 2.63. The van der Waals surface area contributed by atoms with Crippen molar-refractivity contribution >= 4 is 12.3 Å². The van der Waals surface area contributed by atoms with Gasteiger partial charge in [0.2, 0.25) is 0 Å². The van der Waals surface area contributed by atoms with Gasteiger partial charge >= 0.3 is 5.97 Å². The van der Waals surface area contributed by atoms with Gasteiger partial charge in [-0.1, -0.05) is 13.8 Å². The molecule has 3 saturated carbocycles. The van der Waals surface area contributed by atoms with Gasteiger partial charge in [-0.3, -0.25) is 4.79 Å². The van der Waals surface area contributed by atoms with Crippen LogP contribution < -0.4 is 0 Å². The highest BCUT2D eigenvalue weighted by Crippen LogP contribution is 2.64. The minimum atomic E-state index is -0.467. The van der Waals surface area contributed by atoms with Gasteiger partial charge in [0.05, 0.1) is 18.6 Å². The number of hydrogen-bond acceptors (Lipinski definition) is 5. The Morgan fingerprint density at radius 2 is 1.96 bits per heavy atom. The molecule has 142 valence electrons. The van der Waals surface area contributed by atoms with Gasteiger partial charge in [-0.2, -0.15) is 0 Å². The minimum absolute atomic E-state index is 0.0155. The van der Waals surface area contributed by atoms with Crippen LogP contribution >= 0.6 is 0 Å². The van der Waals surface area contributed by atoms with Gasteiger partial charge in [-0.05, 0) is 61.7 Å². The molecular weight excluding hydrogens is 320 g/mol. The van der Waals surface area contributed by atoms with Crippen molar-refractivity contribution < 1.29 is 23.8 Å². The maximum absolute atomic E-state index is 13.0. The van der Waals surface area contributed by atoms with Gasteiger partial charge in [-0.25, -0.2) is 0 Å². The SMILES string of the molecule is COCO[C@@H]1CC[C@@]2(C(=O)OC)[C@H]3[C@H](CC[C@@H]2C)[C@@H](C)C[C@@H](C=O)[C@@H]31. The third-order valence-corrected chi connectivity index (χ3v) is 7.56. The van der Waals surface area contributed by atoms with Crippen molar-refractivity contribution in [2.24, 2.45) is 40.9 Å². The monoisotopic (exact) mass is 352 g/mol. The summed E-state index contributed by atoms with van der Waals surface area (Å²) in [7, 11) is 3.12. The fourth-order valence-electron chi connectivity index (χ4n) is 6.50. The highest BCUT2D eigenvalue weighted by molar-refractivity contribution is 5.78. The van der Waals surface area contributed by atoms with Gasteiger partial charge in [0.15, 0.2) is 0 Å². The molecule has 0 aromatic rings. The molecule has 8 atom stereocenters. The highest BCUT2D eigenvalue weighted by atomic mass is 16.7. The fraction of sp³-hybridized carbons (Fsp3) is 0.900. The summed E-state index contributed by atoms with van der Waals surface area (Å²) in [4.78, 5) is 24.9. The Morgan fingerprint density at radius 3 is 2.60 bits per heavy atom. The van der Waals surface area contributed by atoms with Crippen molar-refractivity contribution in [2.45, 2.75) is 52.1 Å². The number of carbonyl (C=O) groups excluding carboxylic acids is 2. The van der Waals surface area contributed by atoms with E-state index in [1.807, 2.05) is 0 Å². The van der Waals surface area contributed by atoms with Crippen LogP contribution in [0.25, 0.3) is 0 Å². The van der Waals surface area contributed by atoms with Crippen molar-refractivity contribution in [3.8, 4) is 0 Å². The molecular formula is C20H32O5. The van der Waals surface area contributed by atoms with E-state index in [9.17, 15) is 9.59 Å². The van der Waals surface area contributed by atoms with Crippen molar-refractivity contribution in [1.29, 1.82) is 0 Å². The predicted octanol–water partition coefficient (Wildman–Crippen LogP) is 3.06. The van der Waals surface area contributed by atoms with Crippen molar-refractivity contribution in [3.63, 3.8) is 0 Å². The Labute approximate surface area is 150 Å². The molecule has 0 aliphatic heterocycles. The summed E-state index contributed by atoms with van der Waals surface area (Å²) < 4.78 is 16.4. The second-order valence-electron chi connectivity index (χ2n) is 8.44. The summed E-state index contributed by atoms with van der Waals surface area (Å²) in [6.45, 7) is 4.67. The van der Waals surface area contributed by atoms with Crippen LogP contribution in [0.4, 0.5) is 0 Å². The molecule has 3 aliphatic carbocycles. The Kier molecular flexibility index (Phi) is 5.54. The lowest BCUT2D eigenvalue weighted by Crippen LogP contribution is -2.63. The molecule has 0 spiro atoms. The lowest BCUT2D eigenvalue weighted by atomic mass is 9.42. The first-order valence-corrected chi connectivity index (χ1v) is 9.65. The van der Waals surface area contributed by atoms with E-state index in [2.05, 4.69) is 13.8 Å². The van der Waals surface area contributed by atoms with Crippen LogP contribution in [0.5, 0.6) is 0 Å². The second kappa shape index (κ2) is 7.36. The minimum Gasteiger partial charge on any atom is -0.469 e. The zero-order valence-electron chi connectivity index (χ0n) is 15.9. The zero-order valence-corrected chi connectivity index (χ0v) is 15.9. The molecule has 0 amide bonds. The summed E-state index contributed by atoms with van der Waals surface area (Å²) in [5.74, 6) is 1.32. The molecule has 5 nitrogen and oxygen atoms in total. The van der Waals surface area contributed by atoms with Gasteiger partial charge in [0.1, 0.15) is 13.1 Å². The topological polar surface area (TPSA) is 61.8 Å². The summed E-state index contributed by atoms with van der Waals surface area (Å²) in [5, 5.41) is 0. The highest BCUT2D eigenvalue weighted by Gasteiger charge is 2.64. The Bertz CT molecular complexity index is 506. The number of hydrogen-bond donors (Lipinski definition) is 0. The number of rotatable bonds is 5. The predicted molar refractivity (Wildman–Crippen MR) is 92.6 cm³/mol. The molecule has 25 heavy (non-hydrogen) atoms. The zero-order chi connectivity index (χ0) is 18.2. The van der Waals surface area contributed by atoms with E-state index in [0.29, 0.717) is 11.8 Å². The molecule has 0 heterocycles. The smallest absolute Gasteiger partial charge is 0.312 e. The van der Waals surface area contributed by atoms with Crippen LogP contribution in [0.15, 0.2) is 0 Å². The molecule has 0 radical (unpaired) electrons. The van der Waals surface area contributed by atoms with E-state index in [0.717, 1.165) is 38.4 Å². The molecule has 0 saturated heterocycles. The first kappa shape index (κ1) is 18.8. The number of carbonyl (C=O) groups is 2. The lowest BCUT2D eigenvalue weighted by Gasteiger charge is -2.62. The Morgan fingerprint density at radius 1 is 1.20 bits per heavy atom. The van der Waals surface area contributed by atoms with Crippen LogP contribution in [-0.2, 0) is 23.8 Å². The number of ether oxygens (including phenoxy) is 3. The summed E-state index contributed by atoms with van der Waals surface area (Å²) in [5.41, 5.74) is -0.467. The summed E-state index contributed by atoms with van der Waals surface area (Å²) in [6, 6.07) is 0. The number of esters is 1. The van der Waals surface area contributed by atoms with E-state index < -0.39 is 5.41 Å². The van der Waals surface area contributed by atoms with Crippen LogP contribution in [0, 0.1) is 40.9 Å². The van der Waals surface area contributed by atoms with E-state index in [-0.39, 0.29) is 42.5 Å². The van der Waals surface area contributed by atoms with Crippen molar-refractivity contribution in [1.82, 2.24) is 0 Å². The summed E-state index contributed by atoms with van der Waals surface area (Å²) in [6.07, 6.45) is 5.74. The molecule has 5 heteroatoms. The normalized spacial score (nSPS) is 46.2. The van der Waals surface area contributed by atoms with Gasteiger partial charge in [0.25, 0.3) is 0 Å². The average molecular weight is 352 g/mol. The number of methoxy groups -OCH3 is 2. The Balaban J connectivity index is 2.05. The number of aldehydes is 1. The molecule has 3 rings (SSSR count). The third-order valence-electron chi connectivity index (χ3n) is 7.56. The summed E-state index contributed by atoms with van der Waals surface area (Å²) >= 11 is 0. The van der Waals surface area contributed by atoms with Crippen LogP contribution in [0.2, 0.25) is 0 Å². The first-order chi connectivity index (χ1) is 12.0. The molecule has 0 unspecified atom stereocenters. The largest absolute Gasteiger partial charge is 0.469 e.